The van der Waals surface area contributed by atoms with Crippen LogP contribution in [-0.2, 0) is 11.3 Å². The molecule has 1 fully saturated rings. The number of amides is 2. The molecule has 4 rings (SSSR count). The first kappa shape index (κ1) is 18.2. The molecule has 0 bridgehead atoms. The molecule has 0 saturated carbocycles. The smallest absolute Gasteiger partial charge is 0.252 e. The first-order valence-electron chi connectivity index (χ1n) is 9.62. The van der Waals surface area contributed by atoms with Crippen LogP contribution in [0, 0.1) is 0 Å². The van der Waals surface area contributed by atoms with Crippen molar-refractivity contribution < 1.29 is 9.59 Å². The Labute approximate surface area is 163 Å². The van der Waals surface area contributed by atoms with Gasteiger partial charge in [0.2, 0.25) is 5.91 Å². The second kappa shape index (κ2) is 8.21. The van der Waals surface area contributed by atoms with Crippen molar-refractivity contribution in [1.29, 1.82) is 0 Å². The van der Waals surface area contributed by atoms with E-state index in [-0.39, 0.29) is 11.8 Å². The number of pyridine rings is 1. The van der Waals surface area contributed by atoms with Crippen LogP contribution in [-0.4, -0.2) is 51.1 Å². The average molecular weight is 377 g/mol. The van der Waals surface area contributed by atoms with Gasteiger partial charge < -0.3 is 10.2 Å². The lowest BCUT2D eigenvalue weighted by atomic mass is 10.2. The molecular formula is C21H23N5O2. The predicted molar refractivity (Wildman–Crippen MR) is 106 cm³/mol. The number of hydrogen-bond donors (Lipinski definition) is 1. The van der Waals surface area contributed by atoms with E-state index in [2.05, 4.69) is 15.4 Å². The van der Waals surface area contributed by atoms with E-state index >= 15 is 0 Å². The lowest BCUT2D eigenvalue weighted by molar-refractivity contribution is -0.129. The van der Waals surface area contributed by atoms with Gasteiger partial charge in [0.05, 0.1) is 18.3 Å². The van der Waals surface area contributed by atoms with Crippen LogP contribution in [0.15, 0.2) is 48.8 Å². The second-order valence-electron chi connectivity index (χ2n) is 7.02. The topological polar surface area (TPSA) is 80.1 Å². The Kier molecular flexibility index (Phi) is 5.32. The highest BCUT2D eigenvalue weighted by atomic mass is 16.2. The molecule has 2 amide bonds. The van der Waals surface area contributed by atoms with E-state index in [4.69, 9.17) is 0 Å². The van der Waals surface area contributed by atoms with Crippen LogP contribution in [0.4, 0.5) is 0 Å². The van der Waals surface area contributed by atoms with Gasteiger partial charge in [-0.1, -0.05) is 30.3 Å². The standard InChI is InChI=1S/C21H23N5O2/c27-19(25-10-4-5-11-25)8-9-22-21(28)18-12-17-14-24-26(20(17)23-13-18)15-16-6-2-1-3-7-16/h1-3,6-7,12-14H,4-5,8-11,15H2,(H,22,28). The van der Waals surface area contributed by atoms with E-state index in [1.807, 2.05) is 39.9 Å². The molecule has 0 spiro atoms. The maximum Gasteiger partial charge on any atom is 0.252 e. The summed E-state index contributed by atoms with van der Waals surface area (Å²) in [4.78, 5) is 30.7. The molecule has 1 saturated heterocycles. The van der Waals surface area contributed by atoms with Crippen LogP contribution < -0.4 is 5.32 Å². The van der Waals surface area contributed by atoms with Crippen LogP contribution in [0.5, 0.6) is 0 Å². The van der Waals surface area contributed by atoms with Crippen molar-refractivity contribution in [2.75, 3.05) is 19.6 Å². The molecule has 28 heavy (non-hydrogen) atoms. The van der Waals surface area contributed by atoms with Crippen LogP contribution in [0.2, 0.25) is 0 Å². The van der Waals surface area contributed by atoms with Gasteiger partial charge in [-0.05, 0) is 24.5 Å². The van der Waals surface area contributed by atoms with Gasteiger partial charge >= 0.3 is 0 Å². The van der Waals surface area contributed by atoms with Crippen LogP contribution in [0.1, 0.15) is 35.2 Å². The highest BCUT2D eigenvalue weighted by Gasteiger charge is 2.18. The molecule has 0 radical (unpaired) electrons. The van der Waals surface area contributed by atoms with Crippen molar-refractivity contribution in [3.8, 4) is 0 Å². The number of carbonyl (C=O) groups excluding carboxylic acids is 2. The number of rotatable bonds is 6. The van der Waals surface area contributed by atoms with Crippen molar-refractivity contribution in [3.63, 3.8) is 0 Å². The lowest BCUT2D eigenvalue weighted by Gasteiger charge is -2.15. The van der Waals surface area contributed by atoms with E-state index in [1.165, 1.54) is 0 Å². The van der Waals surface area contributed by atoms with Crippen LogP contribution in [0.25, 0.3) is 11.0 Å². The largest absolute Gasteiger partial charge is 0.351 e. The molecule has 1 aliphatic heterocycles. The van der Waals surface area contributed by atoms with Crippen LogP contribution >= 0.6 is 0 Å². The summed E-state index contributed by atoms with van der Waals surface area (Å²) in [5.74, 6) is -0.118. The first-order valence-corrected chi connectivity index (χ1v) is 9.62. The summed E-state index contributed by atoms with van der Waals surface area (Å²) in [5, 5.41) is 8.02. The van der Waals surface area contributed by atoms with Gasteiger partial charge in [-0.2, -0.15) is 5.10 Å². The third-order valence-corrected chi connectivity index (χ3v) is 5.00. The Balaban J connectivity index is 1.37. The summed E-state index contributed by atoms with van der Waals surface area (Å²) >= 11 is 0. The van der Waals surface area contributed by atoms with Crippen molar-refractivity contribution >= 4 is 22.8 Å². The first-order chi connectivity index (χ1) is 13.7. The van der Waals surface area contributed by atoms with Crippen molar-refractivity contribution in [1.82, 2.24) is 25.0 Å². The van der Waals surface area contributed by atoms with E-state index in [0.717, 1.165) is 42.5 Å². The Morgan fingerprint density at radius 2 is 1.86 bits per heavy atom. The number of fused-ring (bicyclic) bond motifs is 1. The molecule has 0 aliphatic carbocycles. The molecule has 1 aromatic carbocycles. The summed E-state index contributed by atoms with van der Waals surface area (Å²) in [6.07, 6.45) is 5.75. The molecule has 7 heteroatoms. The predicted octanol–water partition coefficient (Wildman–Crippen LogP) is 2.22. The van der Waals surface area contributed by atoms with Gasteiger partial charge in [-0.3, -0.25) is 9.59 Å². The lowest BCUT2D eigenvalue weighted by Crippen LogP contribution is -2.32. The SMILES string of the molecule is O=C(NCCC(=O)N1CCCC1)c1cnc2c(cnn2Cc2ccccc2)c1. The molecule has 1 aliphatic rings. The molecular weight excluding hydrogens is 354 g/mol. The Hall–Kier alpha value is -3.22. The third-order valence-electron chi connectivity index (χ3n) is 5.00. The number of nitrogens with one attached hydrogen (secondary N) is 1. The number of hydrogen-bond acceptors (Lipinski definition) is 4. The van der Waals surface area contributed by atoms with E-state index in [1.54, 1.807) is 18.5 Å². The average Bonchev–Trinajstić information content (AvgIpc) is 3.39. The third kappa shape index (κ3) is 4.03. The summed E-state index contributed by atoms with van der Waals surface area (Å²) in [5.41, 5.74) is 2.35. The second-order valence-corrected chi connectivity index (χ2v) is 7.02. The maximum atomic E-state index is 12.4. The number of nitrogens with zero attached hydrogens (tertiary/aromatic N) is 4. The zero-order chi connectivity index (χ0) is 19.3. The van der Waals surface area contributed by atoms with E-state index in [0.29, 0.717) is 25.1 Å². The minimum absolute atomic E-state index is 0.105. The normalized spacial score (nSPS) is 13.8. The summed E-state index contributed by atoms with van der Waals surface area (Å²) < 4.78 is 1.82. The number of aromatic nitrogens is 3. The Morgan fingerprint density at radius 3 is 2.64 bits per heavy atom. The zero-order valence-corrected chi connectivity index (χ0v) is 15.7. The van der Waals surface area contributed by atoms with Gasteiger partial charge in [-0.15, -0.1) is 0 Å². The molecule has 0 atom stereocenters. The fourth-order valence-corrected chi connectivity index (χ4v) is 3.48. The van der Waals surface area contributed by atoms with Crippen molar-refractivity contribution in [2.45, 2.75) is 25.8 Å². The molecule has 7 nitrogen and oxygen atoms in total. The fourth-order valence-electron chi connectivity index (χ4n) is 3.48. The quantitative estimate of drug-likeness (QED) is 0.714. The number of carbonyl (C=O) groups is 2. The summed E-state index contributed by atoms with van der Waals surface area (Å²) in [6.45, 7) is 2.63. The van der Waals surface area contributed by atoms with Crippen molar-refractivity contribution in [2.24, 2.45) is 0 Å². The fraction of sp³-hybridized carbons (Fsp3) is 0.333. The minimum Gasteiger partial charge on any atom is -0.351 e. The van der Waals surface area contributed by atoms with E-state index < -0.39 is 0 Å². The summed E-state index contributed by atoms with van der Waals surface area (Å²) in [7, 11) is 0. The monoisotopic (exact) mass is 377 g/mol. The van der Waals surface area contributed by atoms with Gasteiger partial charge in [0.1, 0.15) is 0 Å². The molecule has 144 valence electrons. The van der Waals surface area contributed by atoms with Gasteiger partial charge in [0.25, 0.3) is 5.91 Å². The van der Waals surface area contributed by atoms with Gasteiger partial charge in [-0.25, -0.2) is 9.67 Å². The highest BCUT2D eigenvalue weighted by Crippen LogP contribution is 2.15. The molecule has 0 unspecified atom stereocenters. The molecule has 3 aromatic rings. The van der Waals surface area contributed by atoms with Crippen LogP contribution in [0.3, 0.4) is 0 Å². The minimum atomic E-state index is -0.223. The van der Waals surface area contributed by atoms with Gasteiger partial charge in [0, 0.05) is 37.6 Å². The number of likely N-dealkylation sites (tertiary alicyclic amines) is 1. The highest BCUT2D eigenvalue weighted by molar-refractivity contribution is 5.97. The zero-order valence-electron chi connectivity index (χ0n) is 15.7. The number of benzene rings is 1. The Morgan fingerprint density at radius 1 is 1.07 bits per heavy atom. The van der Waals surface area contributed by atoms with Crippen molar-refractivity contribution in [3.05, 3.63) is 59.9 Å². The van der Waals surface area contributed by atoms with E-state index in [9.17, 15) is 9.59 Å². The molecule has 3 heterocycles. The maximum absolute atomic E-state index is 12.4. The Bertz CT molecular complexity index is 977. The van der Waals surface area contributed by atoms with Gasteiger partial charge in [0.15, 0.2) is 5.65 Å². The summed E-state index contributed by atoms with van der Waals surface area (Å²) in [6, 6.07) is 11.8. The molecule has 2 aromatic heterocycles. The molecule has 1 N–H and O–H groups in total.